The molecular formula is C15H23FN4O. The number of anilines is 2. The average molecular weight is 294 g/mol. The molecule has 1 fully saturated rings. The van der Waals surface area contributed by atoms with Crippen LogP contribution in [-0.2, 0) is 0 Å². The number of nitrogens with one attached hydrogen (secondary N) is 1. The van der Waals surface area contributed by atoms with Crippen LogP contribution in [0.3, 0.4) is 0 Å². The van der Waals surface area contributed by atoms with Crippen LogP contribution < -0.4 is 16.8 Å². The number of nitrogen functional groups attached to an aromatic ring is 1. The van der Waals surface area contributed by atoms with E-state index in [4.69, 9.17) is 11.5 Å². The Hall–Kier alpha value is -1.82. The fourth-order valence-electron chi connectivity index (χ4n) is 2.58. The molecule has 0 aliphatic carbocycles. The second kappa shape index (κ2) is 5.89. The van der Waals surface area contributed by atoms with Crippen molar-refractivity contribution in [2.75, 3.05) is 37.7 Å². The lowest BCUT2D eigenvalue weighted by molar-refractivity contribution is 0.100. The summed E-state index contributed by atoms with van der Waals surface area (Å²) < 4.78 is 13.9. The Kier molecular flexibility index (Phi) is 4.37. The van der Waals surface area contributed by atoms with Crippen LogP contribution in [0.4, 0.5) is 15.8 Å². The summed E-state index contributed by atoms with van der Waals surface area (Å²) in [4.78, 5) is 13.6. The molecule has 0 unspecified atom stereocenters. The van der Waals surface area contributed by atoms with Gasteiger partial charge in [0.1, 0.15) is 5.82 Å². The summed E-state index contributed by atoms with van der Waals surface area (Å²) in [7, 11) is 2.10. The third kappa shape index (κ3) is 3.64. The van der Waals surface area contributed by atoms with Gasteiger partial charge in [0.05, 0.1) is 11.3 Å². The third-order valence-electron chi connectivity index (χ3n) is 4.30. The van der Waals surface area contributed by atoms with Crippen LogP contribution in [0.5, 0.6) is 0 Å². The van der Waals surface area contributed by atoms with Gasteiger partial charge in [-0.2, -0.15) is 0 Å². The van der Waals surface area contributed by atoms with E-state index in [-0.39, 0.29) is 22.4 Å². The number of amides is 1. The van der Waals surface area contributed by atoms with Crippen molar-refractivity contribution in [3.05, 3.63) is 23.5 Å². The Labute approximate surface area is 124 Å². The van der Waals surface area contributed by atoms with Gasteiger partial charge in [-0.05, 0) is 50.5 Å². The zero-order chi connectivity index (χ0) is 15.6. The highest BCUT2D eigenvalue weighted by molar-refractivity contribution is 5.99. The van der Waals surface area contributed by atoms with Crippen LogP contribution in [0, 0.1) is 11.2 Å². The number of rotatable bonds is 4. The van der Waals surface area contributed by atoms with Crippen molar-refractivity contribution < 1.29 is 9.18 Å². The fourth-order valence-corrected chi connectivity index (χ4v) is 2.58. The SMILES string of the molecule is CN1CCC(C)(CNc2cc(C(N)=O)c(N)cc2F)CC1. The van der Waals surface area contributed by atoms with Crippen LogP contribution >= 0.6 is 0 Å². The number of primary amides is 1. The minimum atomic E-state index is -0.652. The van der Waals surface area contributed by atoms with Gasteiger partial charge in [0.2, 0.25) is 0 Å². The maximum Gasteiger partial charge on any atom is 0.250 e. The van der Waals surface area contributed by atoms with Crippen molar-refractivity contribution in [2.45, 2.75) is 19.8 Å². The first kappa shape index (κ1) is 15.6. The highest BCUT2D eigenvalue weighted by Gasteiger charge is 2.28. The molecule has 1 aliphatic rings. The van der Waals surface area contributed by atoms with Crippen LogP contribution in [-0.4, -0.2) is 37.5 Å². The van der Waals surface area contributed by atoms with Gasteiger partial charge >= 0.3 is 0 Å². The van der Waals surface area contributed by atoms with Crippen molar-refractivity contribution in [3.8, 4) is 0 Å². The first-order chi connectivity index (χ1) is 9.81. The molecule has 0 aromatic heterocycles. The minimum absolute atomic E-state index is 0.0658. The Morgan fingerprint density at radius 1 is 1.43 bits per heavy atom. The highest BCUT2D eigenvalue weighted by Crippen LogP contribution is 2.31. The number of hydrogen-bond donors (Lipinski definition) is 3. The fraction of sp³-hybridized carbons (Fsp3) is 0.533. The van der Waals surface area contributed by atoms with Gasteiger partial charge in [0.15, 0.2) is 0 Å². The summed E-state index contributed by atoms with van der Waals surface area (Å²) in [5, 5.41) is 3.10. The van der Waals surface area contributed by atoms with Gasteiger partial charge in [-0.25, -0.2) is 4.39 Å². The van der Waals surface area contributed by atoms with E-state index in [9.17, 15) is 9.18 Å². The van der Waals surface area contributed by atoms with Gasteiger partial charge < -0.3 is 21.7 Å². The summed E-state index contributed by atoms with van der Waals surface area (Å²) in [5.74, 6) is -1.12. The van der Waals surface area contributed by atoms with Gasteiger partial charge in [-0.3, -0.25) is 4.79 Å². The van der Waals surface area contributed by atoms with E-state index in [2.05, 4.69) is 24.2 Å². The normalized spacial score (nSPS) is 18.4. The van der Waals surface area contributed by atoms with Gasteiger partial charge in [0, 0.05) is 12.2 Å². The molecule has 1 aromatic rings. The summed E-state index contributed by atoms with van der Waals surface area (Å²) >= 11 is 0. The third-order valence-corrected chi connectivity index (χ3v) is 4.30. The van der Waals surface area contributed by atoms with Crippen molar-refractivity contribution >= 4 is 17.3 Å². The van der Waals surface area contributed by atoms with Crippen LogP contribution in [0.1, 0.15) is 30.1 Å². The number of halogens is 1. The van der Waals surface area contributed by atoms with E-state index in [0.29, 0.717) is 6.54 Å². The first-order valence-electron chi connectivity index (χ1n) is 7.12. The molecule has 5 N–H and O–H groups in total. The molecule has 2 rings (SSSR count). The maximum absolute atomic E-state index is 13.9. The predicted molar refractivity (Wildman–Crippen MR) is 82.7 cm³/mol. The standard InChI is InChI=1S/C15H23FN4O/c1-15(3-5-20(2)6-4-15)9-19-13-7-10(14(18)21)12(17)8-11(13)16/h7-8,19H,3-6,9,17H2,1-2H3,(H2,18,21). The van der Waals surface area contributed by atoms with Gasteiger partial charge in [0.25, 0.3) is 5.91 Å². The molecular weight excluding hydrogens is 271 g/mol. The van der Waals surface area contributed by atoms with E-state index in [1.165, 1.54) is 6.07 Å². The molecule has 6 heteroatoms. The number of carbonyl (C=O) groups excluding carboxylic acids is 1. The summed E-state index contributed by atoms with van der Waals surface area (Å²) in [5.41, 5.74) is 11.4. The smallest absolute Gasteiger partial charge is 0.250 e. The van der Waals surface area contributed by atoms with E-state index in [0.717, 1.165) is 32.0 Å². The lowest BCUT2D eigenvalue weighted by atomic mass is 9.80. The molecule has 0 saturated carbocycles. The molecule has 5 nitrogen and oxygen atoms in total. The number of benzene rings is 1. The van der Waals surface area contributed by atoms with Crippen molar-refractivity contribution in [2.24, 2.45) is 11.1 Å². The number of nitrogens with zero attached hydrogens (tertiary/aromatic N) is 1. The topological polar surface area (TPSA) is 84.4 Å². The maximum atomic E-state index is 13.9. The first-order valence-corrected chi connectivity index (χ1v) is 7.12. The second-order valence-electron chi connectivity index (χ2n) is 6.25. The highest BCUT2D eigenvalue weighted by atomic mass is 19.1. The van der Waals surface area contributed by atoms with Gasteiger partial charge in [-0.1, -0.05) is 6.92 Å². The lowest BCUT2D eigenvalue weighted by Gasteiger charge is -2.38. The van der Waals surface area contributed by atoms with Crippen molar-refractivity contribution in [3.63, 3.8) is 0 Å². The summed E-state index contributed by atoms with van der Waals surface area (Å²) in [6, 6.07) is 2.53. The molecule has 1 heterocycles. The monoisotopic (exact) mass is 294 g/mol. The Balaban J connectivity index is 2.09. The number of hydrogen-bond acceptors (Lipinski definition) is 4. The van der Waals surface area contributed by atoms with Crippen LogP contribution in [0.2, 0.25) is 0 Å². The largest absolute Gasteiger partial charge is 0.398 e. The van der Waals surface area contributed by atoms with Crippen LogP contribution in [0.25, 0.3) is 0 Å². The van der Waals surface area contributed by atoms with Crippen molar-refractivity contribution in [1.82, 2.24) is 4.90 Å². The second-order valence-corrected chi connectivity index (χ2v) is 6.25. The average Bonchev–Trinajstić information content (AvgIpc) is 2.41. The van der Waals surface area contributed by atoms with Crippen molar-refractivity contribution in [1.29, 1.82) is 0 Å². The molecule has 0 spiro atoms. The Morgan fingerprint density at radius 2 is 2.05 bits per heavy atom. The minimum Gasteiger partial charge on any atom is -0.398 e. The quantitative estimate of drug-likeness (QED) is 0.737. The van der Waals surface area contributed by atoms with Crippen LogP contribution in [0.15, 0.2) is 12.1 Å². The summed E-state index contributed by atoms with van der Waals surface area (Å²) in [6.45, 7) is 4.92. The lowest BCUT2D eigenvalue weighted by Crippen LogP contribution is -2.40. The molecule has 116 valence electrons. The molecule has 1 amide bonds. The number of piperidine rings is 1. The molecule has 1 aliphatic heterocycles. The molecule has 1 saturated heterocycles. The Bertz CT molecular complexity index is 539. The summed E-state index contributed by atoms with van der Waals surface area (Å²) in [6.07, 6.45) is 2.10. The molecule has 0 bridgehead atoms. The Morgan fingerprint density at radius 3 is 2.62 bits per heavy atom. The molecule has 0 atom stereocenters. The number of nitrogens with two attached hydrogens (primary N) is 2. The molecule has 21 heavy (non-hydrogen) atoms. The zero-order valence-corrected chi connectivity index (χ0v) is 12.6. The molecule has 1 aromatic carbocycles. The van der Waals surface area contributed by atoms with E-state index < -0.39 is 11.7 Å². The zero-order valence-electron chi connectivity index (χ0n) is 12.6. The van der Waals surface area contributed by atoms with E-state index in [1.807, 2.05) is 0 Å². The van der Waals surface area contributed by atoms with Gasteiger partial charge in [-0.15, -0.1) is 0 Å². The number of likely N-dealkylation sites (tertiary alicyclic amines) is 1. The van der Waals surface area contributed by atoms with E-state index in [1.54, 1.807) is 0 Å². The molecule has 0 radical (unpaired) electrons. The number of carbonyl (C=O) groups is 1. The van der Waals surface area contributed by atoms with E-state index >= 15 is 0 Å². The predicted octanol–water partition coefficient (Wildman–Crippen LogP) is 1.65.